The number of hydrogen-bond donors (Lipinski definition) is 2. The van der Waals surface area contributed by atoms with Gasteiger partial charge < -0.3 is 24.5 Å². The normalized spacial score (nSPS) is 11.4. The molecule has 7 nitrogen and oxygen atoms in total. The van der Waals surface area contributed by atoms with Crippen LogP contribution in [-0.4, -0.2) is 18.0 Å². The van der Waals surface area contributed by atoms with Gasteiger partial charge in [0.05, 0.1) is 12.9 Å². The van der Waals surface area contributed by atoms with Gasteiger partial charge in [-0.25, -0.2) is 4.79 Å². The molecular weight excluding hydrogens is 456 g/mol. The fourth-order valence-corrected chi connectivity index (χ4v) is 3.60. The summed E-state index contributed by atoms with van der Waals surface area (Å²) in [6, 6.07) is 29.1. The van der Waals surface area contributed by atoms with E-state index in [1.165, 1.54) is 0 Å². The van der Waals surface area contributed by atoms with Crippen molar-refractivity contribution >= 4 is 17.7 Å². The van der Waals surface area contributed by atoms with Crippen molar-refractivity contribution in [1.82, 2.24) is 5.32 Å². The van der Waals surface area contributed by atoms with Gasteiger partial charge in [0.1, 0.15) is 25.0 Å². The number of anilines is 1. The predicted octanol–water partition coefficient (Wildman–Crippen LogP) is 5.47. The van der Waals surface area contributed by atoms with Crippen LogP contribution < -0.4 is 10.6 Å². The Hall–Kier alpha value is -4.36. The fourth-order valence-electron chi connectivity index (χ4n) is 3.60. The monoisotopic (exact) mass is 484 g/mol. The van der Waals surface area contributed by atoms with Gasteiger partial charge in [-0.05, 0) is 41.0 Å². The number of carbonyl (C=O) groups excluding carboxylic acids is 2. The van der Waals surface area contributed by atoms with E-state index < -0.39 is 12.1 Å². The summed E-state index contributed by atoms with van der Waals surface area (Å²) < 4.78 is 16.3. The van der Waals surface area contributed by atoms with Crippen LogP contribution in [0.5, 0.6) is 0 Å². The Morgan fingerprint density at radius 3 is 2.19 bits per heavy atom. The van der Waals surface area contributed by atoms with Gasteiger partial charge >= 0.3 is 6.09 Å². The number of hydrogen-bond acceptors (Lipinski definition) is 5. The van der Waals surface area contributed by atoms with Crippen molar-refractivity contribution in [3.05, 3.63) is 126 Å². The summed E-state index contributed by atoms with van der Waals surface area (Å²) in [5.41, 5.74) is 3.29. The molecule has 0 saturated carbocycles. The highest BCUT2D eigenvalue weighted by Crippen LogP contribution is 2.14. The lowest BCUT2D eigenvalue weighted by atomic mass is 10.1. The van der Waals surface area contributed by atoms with Crippen molar-refractivity contribution < 1.29 is 23.5 Å². The average Bonchev–Trinajstić information content (AvgIpc) is 3.42. The first kappa shape index (κ1) is 24.8. The molecule has 0 fully saturated rings. The van der Waals surface area contributed by atoms with E-state index in [1.807, 2.05) is 91.0 Å². The molecule has 0 bridgehead atoms. The standard InChI is InChI=1S/C29H28N2O5/c32-28(30-25-14-7-13-24(17-25)19-34-21-26-15-8-16-35-26)27(18-22-9-3-1-4-10-22)31-29(33)36-20-23-11-5-2-6-12-23/h1-17,27H,18-21H2,(H,30,32)(H,31,33). The highest BCUT2D eigenvalue weighted by atomic mass is 16.5. The van der Waals surface area contributed by atoms with E-state index in [4.69, 9.17) is 13.9 Å². The molecular formula is C29H28N2O5. The molecule has 0 aliphatic rings. The SMILES string of the molecule is O=C(NC(Cc1ccccc1)C(=O)Nc1cccc(COCc2ccco2)c1)OCc1ccccc1. The van der Waals surface area contributed by atoms with Gasteiger partial charge in [-0.2, -0.15) is 0 Å². The van der Waals surface area contributed by atoms with Crippen LogP contribution in [0.15, 0.2) is 108 Å². The molecule has 1 unspecified atom stereocenters. The van der Waals surface area contributed by atoms with E-state index in [0.29, 0.717) is 25.3 Å². The molecule has 2 N–H and O–H groups in total. The first-order valence-electron chi connectivity index (χ1n) is 11.7. The van der Waals surface area contributed by atoms with E-state index >= 15 is 0 Å². The van der Waals surface area contributed by atoms with Crippen LogP contribution >= 0.6 is 0 Å². The number of furan rings is 1. The topological polar surface area (TPSA) is 89.8 Å². The van der Waals surface area contributed by atoms with Gasteiger partial charge in [-0.15, -0.1) is 0 Å². The molecule has 4 aromatic rings. The van der Waals surface area contributed by atoms with E-state index in [9.17, 15) is 9.59 Å². The Morgan fingerprint density at radius 2 is 1.47 bits per heavy atom. The molecule has 3 aromatic carbocycles. The van der Waals surface area contributed by atoms with Gasteiger partial charge in [-0.1, -0.05) is 72.8 Å². The van der Waals surface area contributed by atoms with Crippen molar-refractivity contribution in [2.75, 3.05) is 5.32 Å². The molecule has 36 heavy (non-hydrogen) atoms. The zero-order valence-corrected chi connectivity index (χ0v) is 19.8. The highest BCUT2D eigenvalue weighted by molar-refractivity contribution is 5.96. The molecule has 184 valence electrons. The number of ether oxygens (including phenoxy) is 2. The fraction of sp³-hybridized carbons (Fsp3) is 0.172. The quantitative estimate of drug-likeness (QED) is 0.295. The Balaban J connectivity index is 1.37. The molecule has 1 atom stereocenters. The Bertz CT molecular complexity index is 1230. The van der Waals surface area contributed by atoms with E-state index in [0.717, 1.165) is 22.5 Å². The summed E-state index contributed by atoms with van der Waals surface area (Å²) >= 11 is 0. The summed E-state index contributed by atoms with van der Waals surface area (Å²) in [5.74, 6) is 0.401. The van der Waals surface area contributed by atoms with Crippen LogP contribution in [0.1, 0.15) is 22.5 Å². The number of alkyl carbamates (subject to hydrolysis) is 1. The summed E-state index contributed by atoms with van der Waals surface area (Å²) in [7, 11) is 0. The maximum Gasteiger partial charge on any atom is 0.408 e. The number of amides is 2. The molecule has 0 spiro atoms. The largest absolute Gasteiger partial charge is 0.467 e. The van der Waals surface area contributed by atoms with Crippen molar-refractivity contribution in [2.24, 2.45) is 0 Å². The molecule has 0 radical (unpaired) electrons. The van der Waals surface area contributed by atoms with E-state index in [2.05, 4.69) is 10.6 Å². The molecule has 1 aromatic heterocycles. The van der Waals surface area contributed by atoms with Crippen molar-refractivity contribution in [3.63, 3.8) is 0 Å². The third kappa shape index (κ3) is 7.85. The molecule has 0 aliphatic heterocycles. The second-order valence-electron chi connectivity index (χ2n) is 8.21. The second kappa shape index (κ2) is 12.9. The van der Waals surface area contributed by atoms with Gasteiger partial charge in [-0.3, -0.25) is 4.79 Å². The first-order chi connectivity index (χ1) is 17.7. The lowest BCUT2D eigenvalue weighted by Gasteiger charge is -2.19. The Morgan fingerprint density at radius 1 is 0.750 bits per heavy atom. The molecule has 7 heteroatoms. The van der Waals surface area contributed by atoms with E-state index in [1.54, 1.807) is 12.3 Å². The predicted molar refractivity (Wildman–Crippen MR) is 136 cm³/mol. The van der Waals surface area contributed by atoms with Crippen LogP contribution in [-0.2, 0) is 40.5 Å². The van der Waals surface area contributed by atoms with Gasteiger partial charge in [0.25, 0.3) is 0 Å². The van der Waals surface area contributed by atoms with Crippen LogP contribution in [0, 0.1) is 0 Å². The van der Waals surface area contributed by atoms with Gasteiger partial charge in [0.2, 0.25) is 5.91 Å². The zero-order chi connectivity index (χ0) is 25.0. The highest BCUT2D eigenvalue weighted by Gasteiger charge is 2.22. The average molecular weight is 485 g/mol. The molecule has 2 amide bonds. The van der Waals surface area contributed by atoms with Crippen molar-refractivity contribution in [2.45, 2.75) is 32.3 Å². The first-order valence-corrected chi connectivity index (χ1v) is 11.7. The molecule has 0 aliphatic carbocycles. The molecule has 4 rings (SSSR count). The van der Waals surface area contributed by atoms with Gasteiger partial charge in [0, 0.05) is 12.1 Å². The number of rotatable bonds is 11. The molecule has 1 heterocycles. The van der Waals surface area contributed by atoms with Crippen molar-refractivity contribution in [1.29, 1.82) is 0 Å². The lowest BCUT2D eigenvalue weighted by molar-refractivity contribution is -0.118. The minimum Gasteiger partial charge on any atom is -0.467 e. The maximum atomic E-state index is 13.2. The second-order valence-corrected chi connectivity index (χ2v) is 8.21. The minimum absolute atomic E-state index is 0.117. The Labute approximate surface area is 210 Å². The maximum absolute atomic E-state index is 13.2. The zero-order valence-electron chi connectivity index (χ0n) is 19.8. The van der Waals surface area contributed by atoms with Crippen molar-refractivity contribution in [3.8, 4) is 0 Å². The lowest BCUT2D eigenvalue weighted by Crippen LogP contribution is -2.45. The number of carbonyl (C=O) groups is 2. The smallest absolute Gasteiger partial charge is 0.408 e. The summed E-state index contributed by atoms with van der Waals surface area (Å²) in [4.78, 5) is 25.7. The summed E-state index contributed by atoms with van der Waals surface area (Å²) in [6.45, 7) is 0.839. The Kier molecular flexibility index (Phi) is 8.89. The minimum atomic E-state index is -0.825. The van der Waals surface area contributed by atoms with Crippen LogP contribution in [0.4, 0.5) is 10.5 Å². The number of nitrogens with one attached hydrogen (secondary N) is 2. The van der Waals surface area contributed by atoms with Crippen LogP contribution in [0.25, 0.3) is 0 Å². The third-order valence-electron chi connectivity index (χ3n) is 5.39. The van der Waals surface area contributed by atoms with E-state index in [-0.39, 0.29) is 12.5 Å². The van der Waals surface area contributed by atoms with Gasteiger partial charge in [0.15, 0.2) is 0 Å². The van der Waals surface area contributed by atoms with Crippen LogP contribution in [0.2, 0.25) is 0 Å². The third-order valence-corrected chi connectivity index (χ3v) is 5.39. The summed E-state index contributed by atoms with van der Waals surface area (Å²) in [5, 5.41) is 5.61. The van der Waals surface area contributed by atoms with Crippen LogP contribution in [0.3, 0.4) is 0 Å². The number of benzene rings is 3. The summed E-state index contributed by atoms with van der Waals surface area (Å²) in [6.07, 6.45) is 1.26. The molecule has 0 saturated heterocycles.